The average Bonchev–Trinajstić information content (AvgIpc) is 3.30. The van der Waals surface area contributed by atoms with Crippen LogP contribution in [0.4, 0.5) is 10.8 Å². The topological polar surface area (TPSA) is 71.9 Å². The predicted octanol–water partition coefficient (Wildman–Crippen LogP) is 4.48. The second kappa shape index (κ2) is 7.81. The van der Waals surface area contributed by atoms with Crippen LogP contribution in [0.3, 0.4) is 0 Å². The number of nitrogens with zero attached hydrogens (tertiary/aromatic N) is 3. The van der Waals surface area contributed by atoms with Crippen molar-refractivity contribution in [3.05, 3.63) is 82.5 Å². The normalized spacial score (nSPS) is 14.6. The summed E-state index contributed by atoms with van der Waals surface area (Å²) in [5, 5.41) is 2.29. The molecular formula is C22H17N3O3S. The highest BCUT2D eigenvalue weighted by Gasteiger charge is 2.25. The molecule has 1 aliphatic heterocycles. The van der Waals surface area contributed by atoms with E-state index in [1.54, 1.807) is 11.5 Å². The van der Waals surface area contributed by atoms with Crippen molar-refractivity contribution in [2.24, 2.45) is 4.99 Å². The fourth-order valence-corrected chi connectivity index (χ4v) is 3.77. The summed E-state index contributed by atoms with van der Waals surface area (Å²) >= 11 is 1.31. The summed E-state index contributed by atoms with van der Waals surface area (Å²) in [4.78, 5) is 34.8. The van der Waals surface area contributed by atoms with Crippen molar-refractivity contribution in [2.45, 2.75) is 13.8 Å². The Bertz CT molecular complexity index is 1150. The zero-order valence-corrected chi connectivity index (χ0v) is 16.6. The predicted molar refractivity (Wildman–Crippen MR) is 113 cm³/mol. The number of thiazole rings is 1. The Balaban J connectivity index is 1.64. The van der Waals surface area contributed by atoms with E-state index in [0.717, 1.165) is 16.8 Å². The molecule has 0 bridgehead atoms. The molecule has 0 aliphatic carbocycles. The number of anilines is 2. The minimum Gasteiger partial charge on any atom is -0.402 e. The monoisotopic (exact) mass is 403 g/mol. The molecule has 0 N–H and O–H groups in total. The molecule has 0 unspecified atom stereocenters. The largest absolute Gasteiger partial charge is 0.402 e. The van der Waals surface area contributed by atoms with Crippen LogP contribution in [0, 0.1) is 6.92 Å². The molecule has 7 heteroatoms. The second-order valence-corrected chi connectivity index (χ2v) is 7.23. The summed E-state index contributed by atoms with van der Waals surface area (Å²) < 4.78 is 5.33. The van der Waals surface area contributed by atoms with E-state index >= 15 is 0 Å². The maximum atomic E-state index is 12.3. The van der Waals surface area contributed by atoms with Gasteiger partial charge in [-0.3, -0.25) is 9.69 Å². The van der Waals surface area contributed by atoms with Gasteiger partial charge in [-0.15, -0.1) is 11.3 Å². The molecule has 4 rings (SSSR count). The molecule has 0 fully saturated rings. The lowest BCUT2D eigenvalue weighted by Crippen LogP contribution is -2.22. The van der Waals surface area contributed by atoms with Crippen LogP contribution in [-0.4, -0.2) is 22.8 Å². The molecule has 29 heavy (non-hydrogen) atoms. The van der Waals surface area contributed by atoms with Crippen LogP contribution in [0.25, 0.3) is 6.08 Å². The molecule has 0 saturated carbocycles. The molecule has 0 saturated heterocycles. The summed E-state index contributed by atoms with van der Waals surface area (Å²) in [6.45, 7) is 3.42. The first-order chi connectivity index (χ1) is 14.0. The first-order valence-corrected chi connectivity index (χ1v) is 9.81. The number of ether oxygens (including phenoxy) is 1. The lowest BCUT2D eigenvalue weighted by Gasteiger charge is -2.17. The summed E-state index contributed by atoms with van der Waals surface area (Å²) in [5.41, 5.74) is 3.18. The fourth-order valence-electron chi connectivity index (χ4n) is 2.93. The van der Waals surface area contributed by atoms with Gasteiger partial charge in [-0.2, -0.15) is 0 Å². The van der Waals surface area contributed by atoms with Gasteiger partial charge in [0.05, 0.1) is 11.4 Å². The van der Waals surface area contributed by atoms with E-state index in [1.807, 2.05) is 61.5 Å². The van der Waals surface area contributed by atoms with Gasteiger partial charge in [0, 0.05) is 17.9 Å². The van der Waals surface area contributed by atoms with Gasteiger partial charge in [-0.05, 0) is 36.8 Å². The van der Waals surface area contributed by atoms with Crippen LogP contribution in [0.15, 0.2) is 70.7 Å². The molecule has 2 aromatic carbocycles. The summed E-state index contributed by atoms with van der Waals surface area (Å²) in [5.74, 6) is -0.390. The molecule has 2 heterocycles. The summed E-state index contributed by atoms with van der Waals surface area (Å²) in [6.07, 6.45) is 1.57. The third-order valence-electron chi connectivity index (χ3n) is 4.31. The number of carbonyl (C=O) groups is 2. The molecule has 6 nitrogen and oxygen atoms in total. The van der Waals surface area contributed by atoms with Gasteiger partial charge in [0.2, 0.25) is 11.8 Å². The summed E-state index contributed by atoms with van der Waals surface area (Å²) in [7, 11) is 0. The minimum absolute atomic E-state index is 0.148. The van der Waals surface area contributed by atoms with Crippen LogP contribution >= 0.6 is 11.3 Å². The highest BCUT2D eigenvalue weighted by Crippen LogP contribution is 2.30. The maximum absolute atomic E-state index is 12.3. The van der Waals surface area contributed by atoms with Gasteiger partial charge in [-0.25, -0.2) is 14.8 Å². The standard InChI is InChI=1S/C22H17N3O3S/c1-14-8-6-7-11-18(14)20-24-19(21(27)28-20)12-16-13-29-22(23-16)25(15(2)26)17-9-4-3-5-10-17/h3-13H,1-2H3/b19-12+. The Morgan fingerprint density at radius 2 is 1.83 bits per heavy atom. The van der Waals surface area contributed by atoms with E-state index < -0.39 is 5.97 Å². The van der Waals surface area contributed by atoms with Crippen molar-refractivity contribution in [3.63, 3.8) is 0 Å². The third kappa shape index (κ3) is 3.86. The number of amides is 1. The first-order valence-electron chi connectivity index (χ1n) is 8.93. The summed E-state index contributed by atoms with van der Waals surface area (Å²) in [6, 6.07) is 16.9. The Morgan fingerprint density at radius 1 is 1.10 bits per heavy atom. The molecule has 1 amide bonds. The van der Waals surface area contributed by atoms with E-state index in [1.165, 1.54) is 23.2 Å². The van der Waals surface area contributed by atoms with Crippen molar-refractivity contribution in [1.82, 2.24) is 4.98 Å². The van der Waals surface area contributed by atoms with E-state index in [0.29, 0.717) is 10.8 Å². The number of aliphatic imine (C=N–C) groups is 1. The van der Waals surface area contributed by atoms with Gasteiger partial charge < -0.3 is 4.74 Å². The zero-order chi connectivity index (χ0) is 20.4. The number of aromatic nitrogens is 1. The van der Waals surface area contributed by atoms with E-state index in [4.69, 9.17) is 4.74 Å². The number of esters is 1. The Hall–Kier alpha value is -3.58. The van der Waals surface area contributed by atoms with Crippen molar-refractivity contribution in [2.75, 3.05) is 4.90 Å². The van der Waals surface area contributed by atoms with Crippen LogP contribution in [-0.2, 0) is 14.3 Å². The molecule has 0 spiro atoms. The van der Waals surface area contributed by atoms with Crippen LogP contribution in [0.2, 0.25) is 0 Å². The van der Waals surface area contributed by atoms with Gasteiger partial charge in [-0.1, -0.05) is 36.4 Å². The van der Waals surface area contributed by atoms with Gasteiger partial charge >= 0.3 is 5.97 Å². The lowest BCUT2D eigenvalue weighted by molar-refractivity contribution is -0.130. The van der Waals surface area contributed by atoms with Crippen molar-refractivity contribution in [1.29, 1.82) is 0 Å². The van der Waals surface area contributed by atoms with E-state index in [9.17, 15) is 9.59 Å². The number of hydrogen-bond donors (Lipinski definition) is 0. The quantitative estimate of drug-likeness (QED) is 0.476. The Kier molecular flexibility index (Phi) is 5.05. The highest BCUT2D eigenvalue weighted by atomic mass is 32.1. The number of rotatable bonds is 4. The van der Waals surface area contributed by atoms with Crippen molar-refractivity contribution < 1.29 is 14.3 Å². The molecule has 1 aliphatic rings. The fraction of sp³-hybridized carbons (Fsp3) is 0.0909. The van der Waals surface area contributed by atoms with E-state index in [-0.39, 0.29) is 17.5 Å². The number of hydrogen-bond acceptors (Lipinski definition) is 6. The molecular weight excluding hydrogens is 386 g/mol. The number of benzene rings is 2. The smallest absolute Gasteiger partial charge is 0.363 e. The second-order valence-electron chi connectivity index (χ2n) is 6.40. The number of para-hydroxylation sites is 1. The Labute approximate surface area is 171 Å². The molecule has 0 atom stereocenters. The van der Waals surface area contributed by atoms with Crippen molar-refractivity contribution in [3.8, 4) is 0 Å². The average molecular weight is 403 g/mol. The van der Waals surface area contributed by atoms with E-state index in [2.05, 4.69) is 9.98 Å². The first kappa shape index (κ1) is 18.8. The third-order valence-corrected chi connectivity index (χ3v) is 5.16. The maximum Gasteiger partial charge on any atom is 0.363 e. The van der Waals surface area contributed by atoms with Crippen LogP contribution in [0.1, 0.15) is 23.7 Å². The Morgan fingerprint density at radius 3 is 2.55 bits per heavy atom. The lowest BCUT2D eigenvalue weighted by atomic mass is 10.1. The molecule has 3 aromatic rings. The number of carbonyl (C=O) groups excluding carboxylic acids is 2. The number of cyclic esters (lactones) is 1. The molecule has 0 radical (unpaired) electrons. The van der Waals surface area contributed by atoms with Gasteiger partial charge in [0.25, 0.3) is 0 Å². The minimum atomic E-state index is -0.524. The molecule has 144 valence electrons. The zero-order valence-electron chi connectivity index (χ0n) is 15.8. The van der Waals surface area contributed by atoms with Crippen molar-refractivity contribution >= 4 is 46.0 Å². The highest BCUT2D eigenvalue weighted by molar-refractivity contribution is 7.14. The van der Waals surface area contributed by atoms with Crippen LogP contribution in [0.5, 0.6) is 0 Å². The van der Waals surface area contributed by atoms with Gasteiger partial charge in [0.15, 0.2) is 10.8 Å². The molecule has 1 aromatic heterocycles. The van der Waals surface area contributed by atoms with Crippen LogP contribution < -0.4 is 4.90 Å². The SMILES string of the molecule is CC(=O)N(c1ccccc1)c1nc(/C=C2/N=C(c3ccccc3C)OC2=O)cs1. The van der Waals surface area contributed by atoms with Gasteiger partial charge in [0.1, 0.15) is 0 Å². The number of aryl methyl sites for hydroxylation is 1.